The number of likely N-dealkylation sites (N-methyl/N-ethyl adjacent to an activating group) is 1. The van der Waals surface area contributed by atoms with Gasteiger partial charge in [0.25, 0.3) is 5.91 Å². The zero-order valence-electron chi connectivity index (χ0n) is 30.9. The molecule has 0 saturated carbocycles. The van der Waals surface area contributed by atoms with Crippen LogP contribution in [0.15, 0.2) is 52.9 Å². The number of carbonyl (C=O) groups is 4. The Hall–Kier alpha value is -4.36. The molecule has 0 spiro atoms. The molecule has 0 radical (unpaired) electrons. The highest BCUT2D eigenvalue weighted by Crippen LogP contribution is 2.31. The molecule has 5 rings (SSSR count). The molecule has 2 saturated heterocycles. The van der Waals surface area contributed by atoms with Crippen LogP contribution in [-0.4, -0.2) is 120 Å². The highest BCUT2D eigenvalue weighted by molar-refractivity contribution is 6.38. The summed E-state index contributed by atoms with van der Waals surface area (Å²) in [5, 5.41) is 10.7. The Bertz CT molecular complexity index is 1630. The van der Waals surface area contributed by atoms with Gasteiger partial charge in [0.2, 0.25) is 17.3 Å². The van der Waals surface area contributed by atoms with Crippen LogP contribution in [0.1, 0.15) is 69.0 Å². The number of rotatable bonds is 6. The van der Waals surface area contributed by atoms with Crippen molar-refractivity contribution in [3.63, 3.8) is 0 Å². The van der Waals surface area contributed by atoms with E-state index in [0.717, 1.165) is 13.1 Å². The summed E-state index contributed by atoms with van der Waals surface area (Å²) in [5.41, 5.74) is 1.75. The molecule has 2 amide bonds. The molecule has 2 fully saturated rings. The first kappa shape index (κ1) is 38.9. The number of ketones is 2. The number of carbonyl (C=O) groups excluding carboxylic acids is 4. The van der Waals surface area contributed by atoms with Crippen molar-refractivity contribution in [3.8, 4) is 0 Å². The Labute approximate surface area is 305 Å². The largest absolute Gasteiger partial charge is 0.442 e. The van der Waals surface area contributed by atoms with Gasteiger partial charge in [-0.05, 0) is 81.3 Å². The summed E-state index contributed by atoms with van der Waals surface area (Å²) in [6.07, 6.45) is 7.83. The van der Waals surface area contributed by atoms with Crippen molar-refractivity contribution in [2.24, 2.45) is 17.8 Å². The number of amides is 2. The van der Waals surface area contributed by atoms with Crippen LogP contribution in [0, 0.1) is 23.6 Å². The van der Waals surface area contributed by atoms with Crippen molar-refractivity contribution in [3.05, 3.63) is 65.7 Å². The van der Waals surface area contributed by atoms with Crippen molar-refractivity contribution >= 4 is 35.3 Å². The number of hydrogen-bond acceptors (Lipinski definition) is 10. The Morgan fingerprint density at radius 3 is 2.38 bits per heavy atom. The summed E-state index contributed by atoms with van der Waals surface area (Å²) in [7, 11) is 3.91. The average Bonchev–Trinajstić information content (AvgIpc) is 3.66. The van der Waals surface area contributed by atoms with E-state index in [1.54, 1.807) is 28.9 Å². The zero-order chi connectivity index (χ0) is 37.5. The van der Waals surface area contributed by atoms with Gasteiger partial charge in [-0.1, -0.05) is 31.6 Å². The number of ether oxygens (including phenoxy) is 1. The van der Waals surface area contributed by atoms with Crippen molar-refractivity contribution in [1.82, 2.24) is 19.7 Å². The van der Waals surface area contributed by atoms with E-state index in [1.165, 1.54) is 24.7 Å². The summed E-state index contributed by atoms with van der Waals surface area (Å²) in [4.78, 5) is 64.2. The summed E-state index contributed by atoms with van der Waals surface area (Å²) in [6, 6.07) is 4.75. The average molecular weight is 722 g/mol. The third-order valence-corrected chi connectivity index (χ3v) is 10.8. The quantitative estimate of drug-likeness (QED) is 0.326. The number of anilines is 1. The van der Waals surface area contributed by atoms with E-state index in [-0.39, 0.29) is 36.5 Å². The van der Waals surface area contributed by atoms with Gasteiger partial charge in [-0.25, -0.2) is 14.2 Å². The maximum absolute atomic E-state index is 15.1. The van der Waals surface area contributed by atoms with Crippen LogP contribution in [-0.2, 0) is 14.3 Å². The fourth-order valence-corrected chi connectivity index (χ4v) is 7.37. The number of hydrogen-bond donors (Lipinski definition) is 1. The number of allylic oxidation sites excluding steroid dienone is 2. The van der Waals surface area contributed by atoms with Crippen molar-refractivity contribution in [1.29, 1.82) is 0 Å². The molecule has 0 bridgehead atoms. The molecule has 0 unspecified atom stereocenters. The van der Waals surface area contributed by atoms with E-state index >= 15 is 4.39 Å². The molecule has 282 valence electrons. The second-order valence-electron chi connectivity index (χ2n) is 14.7. The Kier molecular flexibility index (Phi) is 13.0. The van der Waals surface area contributed by atoms with Crippen LogP contribution in [0.25, 0.3) is 6.08 Å². The lowest BCUT2D eigenvalue weighted by Gasteiger charge is -2.37. The van der Waals surface area contributed by atoms with Gasteiger partial charge < -0.3 is 33.9 Å². The number of benzene rings is 1. The molecule has 12 nitrogen and oxygen atoms in total. The molecular formula is C39H52FN5O7. The fourth-order valence-electron chi connectivity index (χ4n) is 7.37. The monoisotopic (exact) mass is 721 g/mol. The summed E-state index contributed by atoms with van der Waals surface area (Å²) in [5.74, 6) is -3.21. The SMILES string of the molecule is C/C(=C\c1cc(F)cc(N(C)C2CCN(C(=O)c3cnco3)CC2)c1)[C@H]1C(=O)C(=O)C[C@H](O)CC[C@H](C)[C@@H](OC(=O)N2CCN(C)CC2)/C=C/[C@@H]1C. The molecule has 52 heavy (non-hydrogen) atoms. The lowest BCUT2D eigenvalue weighted by atomic mass is 9.79. The third kappa shape index (κ3) is 9.74. The minimum Gasteiger partial charge on any atom is -0.442 e. The van der Waals surface area contributed by atoms with Crippen LogP contribution in [0.2, 0.25) is 0 Å². The number of piperidine rings is 1. The summed E-state index contributed by atoms with van der Waals surface area (Å²) in [6.45, 7) is 9.23. The predicted molar refractivity (Wildman–Crippen MR) is 194 cm³/mol. The molecule has 1 aliphatic carbocycles. The van der Waals surface area contributed by atoms with Crippen LogP contribution < -0.4 is 4.90 Å². The molecular weight excluding hydrogens is 669 g/mol. The van der Waals surface area contributed by atoms with Gasteiger partial charge in [0, 0.05) is 64.5 Å². The number of aliphatic hydroxyl groups excluding tert-OH is 1. The van der Waals surface area contributed by atoms with Gasteiger partial charge in [0.15, 0.2) is 6.39 Å². The molecule has 2 aromatic rings. The van der Waals surface area contributed by atoms with Gasteiger partial charge in [0.1, 0.15) is 11.9 Å². The van der Waals surface area contributed by atoms with Gasteiger partial charge in [-0.3, -0.25) is 14.4 Å². The zero-order valence-corrected chi connectivity index (χ0v) is 30.9. The number of halogens is 1. The number of aromatic nitrogens is 1. The summed E-state index contributed by atoms with van der Waals surface area (Å²) < 4.78 is 26.3. The van der Waals surface area contributed by atoms with E-state index < -0.39 is 47.5 Å². The molecule has 13 heteroatoms. The first-order valence-corrected chi connectivity index (χ1v) is 18.3. The molecule has 1 N–H and O–H groups in total. The third-order valence-electron chi connectivity index (χ3n) is 10.8. The topological polar surface area (TPSA) is 137 Å². The van der Waals surface area contributed by atoms with Crippen LogP contribution in [0.3, 0.4) is 0 Å². The van der Waals surface area contributed by atoms with Gasteiger partial charge >= 0.3 is 6.09 Å². The van der Waals surface area contributed by atoms with E-state index in [1.807, 2.05) is 45.0 Å². The maximum atomic E-state index is 15.1. The van der Waals surface area contributed by atoms with E-state index in [2.05, 4.69) is 9.88 Å². The molecule has 3 aliphatic rings. The molecule has 1 aromatic carbocycles. The minimum absolute atomic E-state index is 0.0567. The fraction of sp³-hybridized carbons (Fsp3) is 0.564. The van der Waals surface area contributed by atoms with Gasteiger partial charge in [0.05, 0.1) is 18.2 Å². The standard InChI is InChI=1S/C39H52FN5O7/c1-25-6-8-32(46)22-33(47)37(48)36(26(2)7-9-34(25)52-39(50)45-16-14-42(4)15-17-45)27(3)18-28-19-29(40)21-31(20-28)43(5)30-10-12-44(13-11-30)38(49)35-23-41-24-51-35/h7,9,18-21,23-26,30,32,34,36,46H,6,8,10-17,22H2,1-5H3/b9-7+,27-18+/t25-,26-,32+,34-,36-/m0/s1. The minimum atomic E-state index is -1.01. The Balaban J connectivity index is 1.34. The first-order chi connectivity index (χ1) is 24.8. The van der Waals surface area contributed by atoms with E-state index in [9.17, 15) is 24.3 Å². The molecule has 2 aliphatic heterocycles. The maximum Gasteiger partial charge on any atom is 0.410 e. The van der Waals surface area contributed by atoms with Gasteiger partial charge in [-0.2, -0.15) is 0 Å². The lowest BCUT2D eigenvalue weighted by Crippen LogP contribution is -2.48. The summed E-state index contributed by atoms with van der Waals surface area (Å²) >= 11 is 0. The number of Topliss-reactive ketones (excluding diaryl/α,β-unsaturated/α-hetero) is 2. The number of piperazine rings is 1. The number of aliphatic hydroxyl groups is 1. The second-order valence-corrected chi connectivity index (χ2v) is 14.7. The number of oxazole rings is 1. The highest BCUT2D eigenvalue weighted by atomic mass is 19.1. The van der Waals surface area contributed by atoms with Crippen molar-refractivity contribution < 1.29 is 37.8 Å². The van der Waals surface area contributed by atoms with Crippen molar-refractivity contribution in [2.45, 2.75) is 71.1 Å². The van der Waals surface area contributed by atoms with E-state index in [4.69, 9.17) is 9.15 Å². The van der Waals surface area contributed by atoms with Crippen LogP contribution >= 0.6 is 0 Å². The molecule has 3 heterocycles. The smallest absolute Gasteiger partial charge is 0.410 e. The van der Waals surface area contributed by atoms with Crippen LogP contribution in [0.5, 0.6) is 0 Å². The molecule has 5 atom stereocenters. The van der Waals surface area contributed by atoms with Crippen LogP contribution in [0.4, 0.5) is 14.9 Å². The predicted octanol–water partition coefficient (Wildman–Crippen LogP) is 4.84. The first-order valence-electron chi connectivity index (χ1n) is 18.3. The number of nitrogens with zero attached hydrogens (tertiary/aromatic N) is 5. The second kappa shape index (κ2) is 17.4. The molecule has 1 aromatic heterocycles. The van der Waals surface area contributed by atoms with E-state index in [0.29, 0.717) is 62.3 Å². The normalized spacial score (nSPS) is 26.8. The highest BCUT2D eigenvalue weighted by Gasteiger charge is 2.34. The van der Waals surface area contributed by atoms with Crippen molar-refractivity contribution in [2.75, 3.05) is 58.3 Å². The Morgan fingerprint density at radius 2 is 1.71 bits per heavy atom. The number of likely N-dealkylation sites (tertiary alicyclic amines) is 1. The Morgan fingerprint density at radius 1 is 1.00 bits per heavy atom. The van der Waals surface area contributed by atoms with Gasteiger partial charge in [-0.15, -0.1) is 0 Å². The lowest BCUT2D eigenvalue weighted by molar-refractivity contribution is -0.140.